The fourth-order valence-corrected chi connectivity index (χ4v) is 3.49. The van der Waals surface area contributed by atoms with Crippen LogP contribution in [-0.2, 0) is 24.3 Å². The topological polar surface area (TPSA) is 136 Å². The van der Waals surface area contributed by atoms with Gasteiger partial charge in [0.05, 0.1) is 20.5 Å². The van der Waals surface area contributed by atoms with E-state index in [0.717, 1.165) is 43.4 Å². The average molecular weight is 460 g/mol. The SMILES string of the molecule is CN(CC(=O)OCC(=O)Nc1ccc([N+](=O)[O-])cc1Cl)S(=O)(=O)c1ccc(F)cc1. The number of halogens is 2. The third-order valence-corrected chi connectivity index (χ3v) is 5.81. The van der Waals surface area contributed by atoms with Crippen LogP contribution in [0.5, 0.6) is 0 Å². The number of nitro groups is 1. The van der Waals surface area contributed by atoms with Gasteiger partial charge in [-0.3, -0.25) is 19.7 Å². The van der Waals surface area contributed by atoms with Crippen LogP contribution >= 0.6 is 11.6 Å². The van der Waals surface area contributed by atoms with E-state index >= 15 is 0 Å². The highest BCUT2D eigenvalue weighted by molar-refractivity contribution is 7.89. The van der Waals surface area contributed by atoms with Gasteiger partial charge in [-0.05, 0) is 30.3 Å². The van der Waals surface area contributed by atoms with E-state index in [9.17, 15) is 32.5 Å². The van der Waals surface area contributed by atoms with Gasteiger partial charge in [-0.1, -0.05) is 11.6 Å². The quantitative estimate of drug-likeness (QED) is 0.363. The molecule has 2 aromatic carbocycles. The highest BCUT2D eigenvalue weighted by atomic mass is 35.5. The molecule has 0 radical (unpaired) electrons. The molecule has 0 aliphatic heterocycles. The molecule has 2 rings (SSSR count). The van der Waals surface area contributed by atoms with Crippen molar-refractivity contribution in [2.45, 2.75) is 4.90 Å². The van der Waals surface area contributed by atoms with E-state index in [1.807, 2.05) is 0 Å². The molecule has 0 bridgehead atoms. The molecule has 0 aliphatic carbocycles. The maximum atomic E-state index is 12.9. The minimum absolute atomic E-state index is 0.0688. The Bertz CT molecular complexity index is 1080. The number of carbonyl (C=O) groups is 2. The Morgan fingerprint density at radius 2 is 1.87 bits per heavy atom. The summed E-state index contributed by atoms with van der Waals surface area (Å²) in [6.07, 6.45) is 0. The molecular weight excluding hydrogens is 445 g/mol. The van der Waals surface area contributed by atoms with Crippen molar-refractivity contribution >= 4 is 44.9 Å². The Kier molecular flexibility index (Phi) is 7.43. The number of amides is 1. The van der Waals surface area contributed by atoms with Crippen molar-refractivity contribution in [1.82, 2.24) is 4.31 Å². The first-order valence-electron chi connectivity index (χ1n) is 8.12. The van der Waals surface area contributed by atoms with Crippen LogP contribution in [0.25, 0.3) is 0 Å². The summed E-state index contributed by atoms with van der Waals surface area (Å²) in [6.45, 7) is -1.43. The number of esters is 1. The van der Waals surface area contributed by atoms with E-state index in [1.165, 1.54) is 6.07 Å². The highest BCUT2D eigenvalue weighted by Gasteiger charge is 2.24. The minimum Gasteiger partial charge on any atom is -0.455 e. The van der Waals surface area contributed by atoms with E-state index in [2.05, 4.69) is 5.32 Å². The molecular formula is C17H15ClFN3O7S. The summed E-state index contributed by atoms with van der Waals surface area (Å²) in [7, 11) is -2.94. The molecule has 30 heavy (non-hydrogen) atoms. The van der Waals surface area contributed by atoms with Gasteiger partial charge in [-0.25, -0.2) is 12.8 Å². The molecule has 0 unspecified atom stereocenters. The second-order valence-corrected chi connectivity index (χ2v) is 8.30. The molecule has 0 fully saturated rings. The van der Waals surface area contributed by atoms with Crippen molar-refractivity contribution in [1.29, 1.82) is 0 Å². The number of nitrogens with zero attached hydrogens (tertiary/aromatic N) is 2. The summed E-state index contributed by atoms with van der Waals surface area (Å²) in [6, 6.07) is 7.41. The zero-order valence-corrected chi connectivity index (χ0v) is 16.9. The molecule has 1 amide bonds. The van der Waals surface area contributed by atoms with Crippen LogP contribution in [0.2, 0.25) is 5.02 Å². The molecule has 0 saturated heterocycles. The largest absolute Gasteiger partial charge is 0.455 e. The molecule has 10 nitrogen and oxygen atoms in total. The van der Waals surface area contributed by atoms with Crippen molar-refractivity contribution in [2.75, 3.05) is 25.5 Å². The van der Waals surface area contributed by atoms with E-state index in [1.54, 1.807) is 0 Å². The fraction of sp³-hybridized carbons (Fsp3) is 0.176. The van der Waals surface area contributed by atoms with Crippen LogP contribution in [0.4, 0.5) is 15.8 Å². The first-order chi connectivity index (χ1) is 14.0. The number of likely N-dealkylation sites (N-methyl/N-ethyl adjacent to an activating group) is 1. The molecule has 0 heterocycles. The summed E-state index contributed by atoms with van der Waals surface area (Å²) in [5.41, 5.74) is -0.200. The Hall–Kier alpha value is -3.09. The van der Waals surface area contributed by atoms with Crippen molar-refractivity contribution in [3.05, 3.63) is 63.4 Å². The number of carbonyl (C=O) groups excluding carboxylic acids is 2. The summed E-state index contributed by atoms with van der Waals surface area (Å²) in [5, 5.41) is 12.9. The van der Waals surface area contributed by atoms with Crippen LogP contribution in [0, 0.1) is 15.9 Å². The number of benzene rings is 2. The van der Waals surface area contributed by atoms with Gasteiger partial charge in [0.15, 0.2) is 6.61 Å². The predicted octanol–water partition coefficient (Wildman–Crippen LogP) is 2.19. The zero-order valence-electron chi connectivity index (χ0n) is 15.4. The lowest BCUT2D eigenvalue weighted by atomic mass is 10.3. The smallest absolute Gasteiger partial charge is 0.321 e. The number of non-ortho nitro benzene ring substituents is 1. The Balaban J connectivity index is 1.90. The molecule has 0 spiro atoms. The van der Waals surface area contributed by atoms with E-state index in [-0.39, 0.29) is 21.3 Å². The summed E-state index contributed by atoms with van der Waals surface area (Å²) < 4.78 is 43.0. The number of sulfonamides is 1. The number of hydrogen-bond acceptors (Lipinski definition) is 7. The number of ether oxygens (including phenoxy) is 1. The van der Waals surface area contributed by atoms with Gasteiger partial charge in [-0.2, -0.15) is 4.31 Å². The molecule has 0 saturated carbocycles. The normalized spacial score (nSPS) is 11.2. The van der Waals surface area contributed by atoms with Gasteiger partial charge in [0.2, 0.25) is 10.0 Å². The summed E-state index contributed by atoms with van der Waals surface area (Å²) in [5.74, 6) is -2.41. The van der Waals surface area contributed by atoms with Crippen molar-refractivity contribution < 1.29 is 32.1 Å². The van der Waals surface area contributed by atoms with Gasteiger partial charge < -0.3 is 10.1 Å². The first-order valence-corrected chi connectivity index (χ1v) is 9.94. The molecule has 0 atom stereocenters. The van der Waals surface area contributed by atoms with E-state index in [4.69, 9.17) is 16.3 Å². The number of anilines is 1. The molecule has 2 aromatic rings. The monoisotopic (exact) mass is 459 g/mol. The van der Waals surface area contributed by atoms with Crippen LogP contribution in [-0.4, -0.2) is 49.7 Å². The Morgan fingerprint density at radius 3 is 2.43 bits per heavy atom. The Labute approximate surface area is 175 Å². The lowest BCUT2D eigenvalue weighted by Crippen LogP contribution is -2.34. The number of hydrogen-bond donors (Lipinski definition) is 1. The van der Waals surface area contributed by atoms with Gasteiger partial charge >= 0.3 is 5.97 Å². The lowest BCUT2D eigenvalue weighted by Gasteiger charge is -2.16. The lowest BCUT2D eigenvalue weighted by molar-refractivity contribution is -0.384. The second kappa shape index (κ2) is 9.61. The molecule has 0 aliphatic rings. The number of nitro benzene ring substituents is 1. The second-order valence-electron chi connectivity index (χ2n) is 5.85. The molecule has 1 N–H and O–H groups in total. The van der Waals surface area contributed by atoms with Crippen molar-refractivity contribution in [2.24, 2.45) is 0 Å². The van der Waals surface area contributed by atoms with Crippen LogP contribution in [0.15, 0.2) is 47.4 Å². The van der Waals surface area contributed by atoms with Crippen LogP contribution < -0.4 is 5.32 Å². The molecule has 13 heteroatoms. The third kappa shape index (κ3) is 5.95. The molecule has 0 aromatic heterocycles. The maximum Gasteiger partial charge on any atom is 0.321 e. The highest BCUT2D eigenvalue weighted by Crippen LogP contribution is 2.26. The van der Waals surface area contributed by atoms with Gasteiger partial charge in [0.25, 0.3) is 11.6 Å². The fourth-order valence-electron chi connectivity index (χ4n) is 2.15. The van der Waals surface area contributed by atoms with Crippen LogP contribution in [0.3, 0.4) is 0 Å². The summed E-state index contributed by atoms with van der Waals surface area (Å²) >= 11 is 5.84. The molecule has 160 valence electrons. The summed E-state index contributed by atoms with van der Waals surface area (Å²) in [4.78, 5) is 33.5. The van der Waals surface area contributed by atoms with Crippen LogP contribution in [0.1, 0.15) is 0 Å². The standard InChI is InChI=1S/C17H15ClFN3O7S/c1-21(30(27,28)13-5-2-11(19)3-6-13)9-17(24)29-10-16(23)20-15-7-4-12(22(25)26)8-14(15)18/h2-8H,9-10H2,1H3,(H,20,23). The number of nitrogens with one attached hydrogen (secondary N) is 1. The van der Waals surface area contributed by atoms with E-state index < -0.39 is 45.8 Å². The maximum absolute atomic E-state index is 12.9. The van der Waals surface area contributed by atoms with Crippen molar-refractivity contribution in [3.63, 3.8) is 0 Å². The van der Waals surface area contributed by atoms with Gasteiger partial charge in [0, 0.05) is 19.2 Å². The van der Waals surface area contributed by atoms with Crippen molar-refractivity contribution in [3.8, 4) is 0 Å². The Morgan fingerprint density at radius 1 is 1.23 bits per heavy atom. The average Bonchev–Trinajstić information content (AvgIpc) is 2.68. The van der Waals surface area contributed by atoms with E-state index in [0.29, 0.717) is 4.31 Å². The zero-order chi connectivity index (χ0) is 22.5. The third-order valence-electron chi connectivity index (χ3n) is 3.68. The van der Waals surface area contributed by atoms with Gasteiger partial charge in [0.1, 0.15) is 12.4 Å². The number of rotatable bonds is 8. The van der Waals surface area contributed by atoms with Gasteiger partial charge in [-0.15, -0.1) is 0 Å². The predicted molar refractivity (Wildman–Crippen MR) is 104 cm³/mol. The minimum atomic E-state index is -4.06. The first kappa shape index (κ1) is 23.2.